The maximum atomic E-state index is 11.0. The SMILES string of the molecule is COc1ccc2nc(-c3ccc(N4CCN(C(=O)O)CC4)nc3)cn2c1. The van der Waals surface area contributed by atoms with Gasteiger partial charge in [0.25, 0.3) is 0 Å². The maximum Gasteiger partial charge on any atom is 0.407 e. The molecule has 0 bridgehead atoms. The van der Waals surface area contributed by atoms with Crippen LogP contribution in [0.5, 0.6) is 5.75 Å². The lowest BCUT2D eigenvalue weighted by Crippen LogP contribution is -2.48. The standard InChI is InChI=1S/C18H19N5O3/c1-26-14-3-5-17-20-15(12-23(17)11-14)13-2-4-16(19-10-13)21-6-8-22(9-7-21)18(24)25/h2-5,10-12H,6-9H2,1H3,(H,24,25). The predicted molar refractivity (Wildman–Crippen MR) is 96.8 cm³/mol. The highest BCUT2D eigenvalue weighted by atomic mass is 16.5. The Morgan fingerprint density at radius 3 is 2.58 bits per heavy atom. The maximum absolute atomic E-state index is 11.0. The Balaban J connectivity index is 1.52. The molecule has 0 aliphatic carbocycles. The van der Waals surface area contributed by atoms with Crippen molar-refractivity contribution in [2.75, 3.05) is 38.2 Å². The number of hydrogen-bond acceptors (Lipinski definition) is 5. The number of pyridine rings is 2. The quantitative estimate of drug-likeness (QED) is 0.777. The number of hydrogen-bond donors (Lipinski definition) is 1. The van der Waals surface area contributed by atoms with Gasteiger partial charge >= 0.3 is 6.09 Å². The molecule has 1 N–H and O–H groups in total. The molecular weight excluding hydrogens is 334 g/mol. The number of rotatable bonds is 3. The number of aromatic nitrogens is 3. The highest BCUT2D eigenvalue weighted by Crippen LogP contribution is 2.23. The molecule has 0 radical (unpaired) electrons. The van der Waals surface area contributed by atoms with Gasteiger partial charge in [0, 0.05) is 44.1 Å². The van der Waals surface area contributed by atoms with Crippen LogP contribution in [0.4, 0.5) is 10.6 Å². The van der Waals surface area contributed by atoms with Gasteiger partial charge in [-0.05, 0) is 24.3 Å². The lowest BCUT2D eigenvalue weighted by molar-refractivity contribution is 0.142. The largest absolute Gasteiger partial charge is 0.495 e. The van der Waals surface area contributed by atoms with E-state index in [0.717, 1.165) is 28.5 Å². The average molecular weight is 353 g/mol. The number of ether oxygens (including phenoxy) is 1. The van der Waals surface area contributed by atoms with Crippen LogP contribution in [0.1, 0.15) is 0 Å². The summed E-state index contributed by atoms with van der Waals surface area (Å²) in [6, 6.07) is 7.73. The van der Waals surface area contributed by atoms with Gasteiger partial charge in [-0.3, -0.25) is 0 Å². The van der Waals surface area contributed by atoms with E-state index in [2.05, 4.69) is 14.9 Å². The summed E-state index contributed by atoms with van der Waals surface area (Å²) in [5.74, 6) is 1.62. The Hall–Kier alpha value is -3.29. The molecule has 134 valence electrons. The van der Waals surface area contributed by atoms with Crippen molar-refractivity contribution in [3.63, 3.8) is 0 Å². The number of nitrogens with zero attached hydrogens (tertiary/aromatic N) is 5. The van der Waals surface area contributed by atoms with Crippen LogP contribution in [-0.4, -0.2) is 63.8 Å². The van der Waals surface area contributed by atoms with Gasteiger partial charge in [0.2, 0.25) is 0 Å². The fraction of sp³-hybridized carbons (Fsp3) is 0.278. The summed E-state index contributed by atoms with van der Waals surface area (Å²) in [7, 11) is 1.64. The molecule has 1 aliphatic heterocycles. The van der Waals surface area contributed by atoms with Crippen LogP contribution in [0.3, 0.4) is 0 Å². The molecule has 3 aromatic heterocycles. The van der Waals surface area contributed by atoms with Crippen molar-refractivity contribution < 1.29 is 14.6 Å². The zero-order valence-corrected chi connectivity index (χ0v) is 14.4. The molecule has 1 amide bonds. The molecule has 0 spiro atoms. The van der Waals surface area contributed by atoms with E-state index >= 15 is 0 Å². The van der Waals surface area contributed by atoms with Crippen molar-refractivity contribution in [3.05, 3.63) is 42.9 Å². The molecule has 0 saturated carbocycles. The van der Waals surface area contributed by atoms with Crippen LogP contribution in [0, 0.1) is 0 Å². The van der Waals surface area contributed by atoms with Crippen molar-refractivity contribution in [1.82, 2.24) is 19.3 Å². The summed E-state index contributed by atoms with van der Waals surface area (Å²) in [5, 5.41) is 9.03. The molecule has 4 rings (SSSR count). The lowest BCUT2D eigenvalue weighted by atomic mass is 10.2. The minimum atomic E-state index is -0.864. The van der Waals surface area contributed by atoms with E-state index in [4.69, 9.17) is 9.84 Å². The third kappa shape index (κ3) is 3.01. The predicted octanol–water partition coefficient (Wildman–Crippen LogP) is 2.20. The molecule has 1 fully saturated rings. The Morgan fingerprint density at radius 2 is 1.92 bits per heavy atom. The van der Waals surface area contributed by atoms with Crippen molar-refractivity contribution in [3.8, 4) is 17.0 Å². The van der Waals surface area contributed by atoms with Gasteiger partial charge in [0.05, 0.1) is 19.0 Å². The molecule has 3 aromatic rings. The minimum absolute atomic E-state index is 0.493. The van der Waals surface area contributed by atoms with E-state index in [1.54, 1.807) is 13.3 Å². The summed E-state index contributed by atoms with van der Waals surface area (Å²) in [5.41, 5.74) is 2.61. The monoisotopic (exact) mass is 353 g/mol. The first-order valence-electron chi connectivity index (χ1n) is 8.36. The Kier molecular flexibility index (Phi) is 4.08. The summed E-state index contributed by atoms with van der Waals surface area (Å²) in [4.78, 5) is 23.7. The zero-order valence-electron chi connectivity index (χ0n) is 14.4. The summed E-state index contributed by atoms with van der Waals surface area (Å²) < 4.78 is 7.16. The van der Waals surface area contributed by atoms with Crippen molar-refractivity contribution in [1.29, 1.82) is 0 Å². The number of carboxylic acid groups (broad SMARTS) is 1. The van der Waals surface area contributed by atoms with Gasteiger partial charge in [-0.15, -0.1) is 0 Å². The van der Waals surface area contributed by atoms with Crippen LogP contribution in [0.25, 0.3) is 16.9 Å². The molecular formula is C18H19N5O3. The van der Waals surface area contributed by atoms with Crippen LogP contribution in [0.2, 0.25) is 0 Å². The fourth-order valence-corrected chi connectivity index (χ4v) is 3.08. The first-order chi connectivity index (χ1) is 12.6. The van der Waals surface area contributed by atoms with Gasteiger partial charge in [-0.1, -0.05) is 0 Å². The lowest BCUT2D eigenvalue weighted by Gasteiger charge is -2.33. The van der Waals surface area contributed by atoms with E-state index in [0.29, 0.717) is 26.2 Å². The number of anilines is 1. The Morgan fingerprint density at radius 1 is 1.12 bits per heavy atom. The molecule has 8 heteroatoms. The average Bonchev–Trinajstić information content (AvgIpc) is 3.11. The number of fused-ring (bicyclic) bond motifs is 1. The number of imidazole rings is 1. The molecule has 0 atom stereocenters. The smallest absolute Gasteiger partial charge is 0.407 e. The molecule has 1 aliphatic rings. The summed E-state index contributed by atoms with van der Waals surface area (Å²) >= 11 is 0. The molecule has 26 heavy (non-hydrogen) atoms. The first kappa shape index (κ1) is 16.2. The third-order valence-corrected chi connectivity index (χ3v) is 4.58. The molecule has 0 aromatic carbocycles. The summed E-state index contributed by atoms with van der Waals surface area (Å²) in [6.07, 6.45) is 4.77. The Bertz CT molecular complexity index is 930. The normalized spacial score (nSPS) is 14.7. The van der Waals surface area contributed by atoms with E-state index in [1.165, 1.54) is 4.90 Å². The molecule has 8 nitrogen and oxygen atoms in total. The second-order valence-corrected chi connectivity index (χ2v) is 6.12. The minimum Gasteiger partial charge on any atom is -0.495 e. The van der Waals surface area contributed by atoms with Crippen LogP contribution >= 0.6 is 0 Å². The highest BCUT2D eigenvalue weighted by Gasteiger charge is 2.21. The number of methoxy groups -OCH3 is 1. The van der Waals surface area contributed by atoms with E-state index in [1.807, 2.05) is 41.1 Å². The second-order valence-electron chi connectivity index (χ2n) is 6.12. The highest BCUT2D eigenvalue weighted by molar-refractivity contribution is 5.66. The van der Waals surface area contributed by atoms with Crippen LogP contribution in [-0.2, 0) is 0 Å². The van der Waals surface area contributed by atoms with Crippen molar-refractivity contribution in [2.24, 2.45) is 0 Å². The second kappa shape index (κ2) is 6.55. The first-order valence-corrected chi connectivity index (χ1v) is 8.36. The van der Waals surface area contributed by atoms with E-state index in [-0.39, 0.29) is 0 Å². The number of amides is 1. The van der Waals surface area contributed by atoms with Crippen molar-refractivity contribution in [2.45, 2.75) is 0 Å². The molecule has 0 unspecified atom stereocenters. The van der Waals surface area contributed by atoms with Crippen LogP contribution < -0.4 is 9.64 Å². The topological polar surface area (TPSA) is 83.2 Å². The van der Waals surface area contributed by atoms with Gasteiger partial charge in [-0.2, -0.15) is 0 Å². The van der Waals surface area contributed by atoms with Gasteiger partial charge in [-0.25, -0.2) is 14.8 Å². The Labute approximate surface area is 150 Å². The number of carbonyl (C=O) groups is 1. The number of piperazine rings is 1. The fourth-order valence-electron chi connectivity index (χ4n) is 3.08. The third-order valence-electron chi connectivity index (χ3n) is 4.58. The van der Waals surface area contributed by atoms with E-state index < -0.39 is 6.09 Å². The van der Waals surface area contributed by atoms with Crippen molar-refractivity contribution >= 4 is 17.6 Å². The molecule has 1 saturated heterocycles. The van der Waals surface area contributed by atoms with Gasteiger partial charge in [0.1, 0.15) is 17.2 Å². The molecule has 4 heterocycles. The van der Waals surface area contributed by atoms with Crippen LogP contribution in [0.15, 0.2) is 42.9 Å². The van der Waals surface area contributed by atoms with Gasteiger partial charge < -0.3 is 24.0 Å². The summed E-state index contributed by atoms with van der Waals surface area (Å²) in [6.45, 7) is 2.28. The zero-order chi connectivity index (χ0) is 18.1. The van der Waals surface area contributed by atoms with Gasteiger partial charge in [0.15, 0.2) is 0 Å². The van der Waals surface area contributed by atoms with E-state index in [9.17, 15) is 4.79 Å².